The van der Waals surface area contributed by atoms with Crippen molar-refractivity contribution >= 4 is 39.5 Å². The fourth-order valence-electron chi connectivity index (χ4n) is 3.09. The highest BCUT2D eigenvalue weighted by Gasteiger charge is 2.34. The lowest BCUT2D eigenvalue weighted by Crippen LogP contribution is -2.42. The molecule has 148 valence electrons. The Morgan fingerprint density at radius 2 is 2.10 bits per heavy atom. The van der Waals surface area contributed by atoms with E-state index in [-0.39, 0.29) is 17.7 Å². The molecule has 4 aromatic rings. The highest BCUT2D eigenvalue weighted by molar-refractivity contribution is 7.10. The normalized spacial score (nSPS) is 13.2. The van der Waals surface area contributed by atoms with Gasteiger partial charge in [-0.1, -0.05) is 18.2 Å². The summed E-state index contributed by atoms with van der Waals surface area (Å²) in [7, 11) is 1.48. The van der Waals surface area contributed by atoms with Crippen molar-refractivity contribution in [2.45, 2.75) is 5.60 Å². The maximum atomic E-state index is 12.7. The van der Waals surface area contributed by atoms with Crippen LogP contribution >= 0.6 is 22.7 Å². The summed E-state index contributed by atoms with van der Waals surface area (Å²) in [5, 5.41) is 20.1. The molecule has 0 radical (unpaired) electrons. The molecule has 8 heteroatoms. The van der Waals surface area contributed by atoms with Crippen molar-refractivity contribution in [3.63, 3.8) is 0 Å². The van der Waals surface area contributed by atoms with Gasteiger partial charge in [-0.15, -0.1) is 11.3 Å². The minimum Gasteiger partial charge on any atom is -0.493 e. The fourth-order valence-corrected chi connectivity index (χ4v) is 4.66. The van der Waals surface area contributed by atoms with Crippen molar-refractivity contribution in [1.82, 2.24) is 5.32 Å². The monoisotopic (exact) mass is 427 g/mol. The van der Waals surface area contributed by atoms with Crippen molar-refractivity contribution in [3.8, 4) is 5.75 Å². The zero-order valence-corrected chi connectivity index (χ0v) is 17.0. The standard InChI is InChI=1S/C21H17NO5S2/c1-26-16-5-2-4-13-10-15(20(24)27-18(13)16)19(23)22-12-21(25,14-7-9-28-11-14)17-6-3-8-29-17/h2-11,25H,12H2,1H3,(H,22,23). The predicted molar refractivity (Wildman–Crippen MR) is 113 cm³/mol. The number of ether oxygens (including phenoxy) is 1. The van der Waals surface area contributed by atoms with Gasteiger partial charge in [0.15, 0.2) is 11.3 Å². The van der Waals surface area contributed by atoms with E-state index in [0.29, 0.717) is 21.6 Å². The van der Waals surface area contributed by atoms with E-state index in [1.165, 1.54) is 35.8 Å². The van der Waals surface area contributed by atoms with Gasteiger partial charge < -0.3 is 19.6 Å². The zero-order valence-electron chi connectivity index (χ0n) is 15.4. The van der Waals surface area contributed by atoms with Gasteiger partial charge in [0, 0.05) is 15.8 Å². The molecule has 0 aliphatic rings. The number of carbonyl (C=O) groups excluding carboxylic acids is 1. The van der Waals surface area contributed by atoms with Gasteiger partial charge in [-0.3, -0.25) is 4.79 Å². The third-order valence-corrected chi connectivity index (χ3v) is 6.32. The number of aliphatic hydroxyl groups is 1. The summed E-state index contributed by atoms with van der Waals surface area (Å²) in [5.41, 5.74) is -1.32. The maximum Gasteiger partial charge on any atom is 0.349 e. The van der Waals surface area contributed by atoms with Crippen LogP contribution in [0.3, 0.4) is 0 Å². The molecule has 0 saturated heterocycles. The lowest BCUT2D eigenvalue weighted by atomic mass is 9.94. The van der Waals surface area contributed by atoms with Gasteiger partial charge in [-0.25, -0.2) is 4.79 Å². The molecule has 2 N–H and O–H groups in total. The van der Waals surface area contributed by atoms with Crippen LogP contribution in [0.15, 0.2) is 67.8 Å². The fraction of sp³-hybridized carbons (Fsp3) is 0.143. The van der Waals surface area contributed by atoms with E-state index in [1.54, 1.807) is 18.2 Å². The van der Waals surface area contributed by atoms with E-state index in [1.807, 2.05) is 34.3 Å². The Balaban J connectivity index is 1.64. The van der Waals surface area contributed by atoms with E-state index in [9.17, 15) is 14.7 Å². The zero-order chi connectivity index (χ0) is 20.4. The third-order valence-electron chi connectivity index (χ3n) is 4.62. The summed E-state index contributed by atoms with van der Waals surface area (Å²) in [5.74, 6) is -0.204. The third kappa shape index (κ3) is 3.57. The van der Waals surface area contributed by atoms with Crippen molar-refractivity contribution in [3.05, 3.63) is 85.0 Å². The van der Waals surface area contributed by atoms with Gasteiger partial charge in [0.2, 0.25) is 0 Å². The Labute approximate surface area is 174 Å². The summed E-state index contributed by atoms with van der Waals surface area (Å²) in [6.07, 6.45) is 0. The highest BCUT2D eigenvalue weighted by atomic mass is 32.1. The summed E-state index contributed by atoms with van der Waals surface area (Å²) in [4.78, 5) is 25.8. The van der Waals surface area contributed by atoms with Gasteiger partial charge in [0.05, 0.1) is 13.7 Å². The van der Waals surface area contributed by atoms with E-state index >= 15 is 0 Å². The van der Waals surface area contributed by atoms with E-state index in [0.717, 1.165) is 0 Å². The number of benzene rings is 1. The van der Waals surface area contributed by atoms with Crippen LogP contribution in [-0.4, -0.2) is 24.7 Å². The maximum absolute atomic E-state index is 12.7. The summed E-state index contributed by atoms with van der Waals surface area (Å²) >= 11 is 2.85. The van der Waals surface area contributed by atoms with Gasteiger partial charge in [-0.2, -0.15) is 11.3 Å². The molecule has 3 heterocycles. The first kappa shape index (κ1) is 19.4. The molecular weight excluding hydrogens is 410 g/mol. The van der Waals surface area contributed by atoms with Gasteiger partial charge in [0.1, 0.15) is 11.2 Å². The Hall–Kier alpha value is -2.94. The van der Waals surface area contributed by atoms with Crippen molar-refractivity contribution in [1.29, 1.82) is 0 Å². The molecule has 1 aromatic carbocycles. The lowest BCUT2D eigenvalue weighted by molar-refractivity contribution is 0.0719. The average Bonchev–Trinajstić information content (AvgIpc) is 3.45. The van der Waals surface area contributed by atoms with Crippen LogP contribution in [0, 0.1) is 0 Å². The van der Waals surface area contributed by atoms with E-state index in [2.05, 4.69) is 5.32 Å². The Bertz CT molecular complexity index is 1160. The van der Waals surface area contributed by atoms with E-state index in [4.69, 9.17) is 9.15 Å². The van der Waals surface area contributed by atoms with Crippen LogP contribution < -0.4 is 15.7 Å². The van der Waals surface area contributed by atoms with Crippen molar-refractivity contribution in [2.24, 2.45) is 0 Å². The largest absolute Gasteiger partial charge is 0.493 e. The number of rotatable bonds is 6. The number of hydrogen-bond acceptors (Lipinski definition) is 7. The molecule has 6 nitrogen and oxygen atoms in total. The van der Waals surface area contributed by atoms with Crippen LogP contribution in [0.2, 0.25) is 0 Å². The van der Waals surface area contributed by atoms with Crippen LogP contribution in [0.5, 0.6) is 5.75 Å². The molecule has 4 rings (SSSR count). The summed E-state index contributed by atoms with van der Waals surface area (Å²) in [6.45, 7) is -0.0847. The number of hydrogen-bond donors (Lipinski definition) is 2. The van der Waals surface area contributed by atoms with Crippen LogP contribution in [-0.2, 0) is 5.60 Å². The molecule has 0 spiro atoms. The molecule has 29 heavy (non-hydrogen) atoms. The van der Waals surface area contributed by atoms with Gasteiger partial charge in [0.25, 0.3) is 5.91 Å². The first-order valence-corrected chi connectivity index (χ1v) is 10.5. The molecule has 1 atom stereocenters. The van der Waals surface area contributed by atoms with E-state index < -0.39 is 17.1 Å². The summed E-state index contributed by atoms with van der Waals surface area (Å²) < 4.78 is 10.5. The second-order valence-electron chi connectivity index (χ2n) is 6.36. The molecular formula is C21H17NO5S2. The molecule has 0 bridgehead atoms. The molecule has 3 aromatic heterocycles. The number of carbonyl (C=O) groups is 1. The highest BCUT2D eigenvalue weighted by Crippen LogP contribution is 2.33. The number of methoxy groups -OCH3 is 1. The van der Waals surface area contributed by atoms with Crippen LogP contribution in [0.1, 0.15) is 20.8 Å². The molecule has 0 aliphatic heterocycles. The second kappa shape index (κ2) is 7.82. The number of para-hydroxylation sites is 1. The molecule has 0 saturated carbocycles. The second-order valence-corrected chi connectivity index (χ2v) is 8.09. The average molecular weight is 428 g/mol. The van der Waals surface area contributed by atoms with Crippen LogP contribution in [0.25, 0.3) is 11.0 Å². The predicted octanol–water partition coefficient (Wildman–Crippen LogP) is 3.59. The molecule has 0 fully saturated rings. The first-order chi connectivity index (χ1) is 14.0. The quantitative estimate of drug-likeness (QED) is 0.459. The summed E-state index contributed by atoms with van der Waals surface area (Å²) in [6, 6.07) is 12.1. The molecule has 1 unspecified atom stereocenters. The van der Waals surface area contributed by atoms with Crippen molar-refractivity contribution in [2.75, 3.05) is 13.7 Å². The minimum atomic E-state index is -1.38. The Kier molecular flexibility index (Phi) is 5.23. The number of amides is 1. The Morgan fingerprint density at radius 1 is 1.24 bits per heavy atom. The topological polar surface area (TPSA) is 88.8 Å². The van der Waals surface area contributed by atoms with Gasteiger partial charge >= 0.3 is 5.63 Å². The van der Waals surface area contributed by atoms with Gasteiger partial charge in [-0.05, 0) is 40.4 Å². The molecule has 1 amide bonds. The SMILES string of the molecule is COc1cccc2cc(C(=O)NCC(O)(c3ccsc3)c3cccs3)c(=O)oc12. The Morgan fingerprint density at radius 3 is 2.79 bits per heavy atom. The number of thiophene rings is 2. The minimum absolute atomic E-state index is 0.0847. The number of fused-ring (bicyclic) bond motifs is 1. The lowest BCUT2D eigenvalue weighted by Gasteiger charge is -2.26. The molecule has 0 aliphatic carbocycles. The van der Waals surface area contributed by atoms with Crippen LogP contribution in [0.4, 0.5) is 0 Å². The smallest absolute Gasteiger partial charge is 0.349 e. The number of nitrogens with one attached hydrogen (secondary N) is 1. The first-order valence-electron chi connectivity index (χ1n) is 8.71. The van der Waals surface area contributed by atoms with Crippen molar-refractivity contribution < 1.29 is 19.1 Å².